The van der Waals surface area contributed by atoms with Gasteiger partial charge in [0.1, 0.15) is 0 Å². The minimum absolute atomic E-state index is 0.0412. The maximum atomic E-state index is 12.7. The van der Waals surface area contributed by atoms with Crippen molar-refractivity contribution >= 4 is 17.5 Å². The molecule has 2 N–H and O–H groups in total. The lowest BCUT2D eigenvalue weighted by atomic mass is 10.0. The highest BCUT2D eigenvalue weighted by molar-refractivity contribution is 5.93. The number of rotatable bonds is 7. The highest BCUT2D eigenvalue weighted by atomic mass is 16.2. The van der Waals surface area contributed by atoms with Crippen LogP contribution in [-0.4, -0.2) is 66.4 Å². The van der Waals surface area contributed by atoms with Crippen LogP contribution in [0.5, 0.6) is 0 Å². The number of carbonyl (C=O) groups excluding carboxylic acids is 2. The quantitative estimate of drug-likeness (QED) is 0.736. The van der Waals surface area contributed by atoms with E-state index in [1.165, 1.54) is 11.1 Å². The lowest BCUT2D eigenvalue weighted by Gasteiger charge is -2.25. The average molecular weight is 403 g/mol. The third-order valence-electron chi connectivity index (χ3n) is 5.19. The van der Waals surface area contributed by atoms with Gasteiger partial charge in [-0.3, -0.25) is 19.4 Å². The second-order valence-electron chi connectivity index (χ2n) is 8.91. The van der Waals surface area contributed by atoms with Gasteiger partial charge in [0.25, 0.3) is 0 Å². The summed E-state index contributed by atoms with van der Waals surface area (Å²) in [6.07, 6.45) is 2.76. The SMILES string of the molecule is CCc1cccc(CC)c1NC(=O)CN1CCCN(CC(=O)NC(C)(C)C)CC1. The van der Waals surface area contributed by atoms with Crippen LogP contribution in [-0.2, 0) is 22.4 Å². The Morgan fingerprint density at radius 1 is 0.897 bits per heavy atom. The Balaban J connectivity index is 1.87. The van der Waals surface area contributed by atoms with Crippen LogP contribution < -0.4 is 10.6 Å². The zero-order valence-corrected chi connectivity index (χ0v) is 18.8. The number of amides is 2. The molecule has 29 heavy (non-hydrogen) atoms. The van der Waals surface area contributed by atoms with Crippen LogP contribution in [0.3, 0.4) is 0 Å². The molecule has 1 aliphatic heterocycles. The molecule has 0 unspecified atom stereocenters. The van der Waals surface area contributed by atoms with Crippen molar-refractivity contribution in [3.05, 3.63) is 29.3 Å². The van der Waals surface area contributed by atoms with E-state index in [1.807, 2.05) is 20.8 Å². The maximum Gasteiger partial charge on any atom is 0.238 e. The standard InChI is InChI=1S/C23H38N4O2/c1-6-18-10-8-11-19(7-2)22(18)24-20(28)16-26-12-9-13-27(15-14-26)17-21(29)25-23(3,4)5/h8,10-11H,6-7,9,12-17H2,1-5H3,(H,24,28)(H,25,29). The zero-order chi connectivity index (χ0) is 21.4. The second-order valence-corrected chi connectivity index (χ2v) is 8.91. The summed E-state index contributed by atoms with van der Waals surface area (Å²) in [7, 11) is 0. The van der Waals surface area contributed by atoms with Crippen LogP contribution in [0.15, 0.2) is 18.2 Å². The fourth-order valence-corrected chi connectivity index (χ4v) is 3.79. The first kappa shape index (κ1) is 23.4. The van der Waals surface area contributed by atoms with Crippen LogP contribution in [0.1, 0.15) is 52.2 Å². The summed E-state index contributed by atoms with van der Waals surface area (Å²) in [4.78, 5) is 29.3. The normalized spacial score (nSPS) is 16.3. The number of aryl methyl sites for hydroxylation is 2. The summed E-state index contributed by atoms with van der Waals surface area (Å²) in [5, 5.41) is 6.18. The van der Waals surface area contributed by atoms with Crippen molar-refractivity contribution in [2.75, 3.05) is 44.6 Å². The van der Waals surface area contributed by atoms with Gasteiger partial charge in [0, 0.05) is 24.3 Å². The van der Waals surface area contributed by atoms with Crippen LogP contribution in [0.25, 0.3) is 0 Å². The van der Waals surface area contributed by atoms with Gasteiger partial charge in [-0.05, 0) is 64.3 Å². The van der Waals surface area contributed by atoms with E-state index in [1.54, 1.807) is 0 Å². The molecular weight excluding hydrogens is 364 g/mol. The van der Waals surface area contributed by atoms with Crippen molar-refractivity contribution in [3.8, 4) is 0 Å². The van der Waals surface area contributed by atoms with Crippen LogP contribution >= 0.6 is 0 Å². The monoisotopic (exact) mass is 402 g/mol. The van der Waals surface area contributed by atoms with Crippen molar-refractivity contribution in [1.29, 1.82) is 0 Å². The van der Waals surface area contributed by atoms with Gasteiger partial charge < -0.3 is 10.6 Å². The highest BCUT2D eigenvalue weighted by Gasteiger charge is 2.21. The minimum atomic E-state index is -0.209. The van der Waals surface area contributed by atoms with Gasteiger partial charge in [0.05, 0.1) is 13.1 Å². The fraction of sp³-hybridized carbons (Fsp3) is 0.652. The number of carbonyl (C=O) groups is 2. The van der Waals surface area contributed by atoms with E-state index in [-0.39, 0.29) is 17.4 Å². The molecule has 1 aliphatic rings. The zero-order valence-electron chi connectivity index (χ0n) is 18.8. The van der Waals surface area contributed by atoms with Gasteiger partial charge >= 0.3 is 0 Å². The molecule has 1 saturated heterocycles. The first-order chi connectivity index (χ1) is 13.7. The Morgan fingerprint density at radius 3 is 1.90 bits per heavy atom. The lowest BCUT2D eigenvalue weighted by Crippen LogP contribution is -2.46. The predicted molar refractivity (Wildman–Crippen MR) is 119 cm³/mol. The second kappa shape index (κ2) is 10.7. The smallest absolute Gasteiger partial charge is 0.238 e. The molecule has 1 aromatic rings. The van der Waals surface area contributed by atoms with Gasteiger partial charge in [-0.1, -0.05) is 32.0 Å². The first-order valence-electron chi connectivity index (χ1n) is 10.9. The van der Waals surface area contributed by atoms with Crippen LogP contribution in [0.4, 0.5) is 5.69 Å². The molecule has 0 atom stereocenters. The summed E-state index contributed by atoms with van der Waals surface area (Å²) >= 11 is 0. The molecule has 1 fully saturated rings. The summed E-state index contributed by atoms with van der Waals surface area (Å²) in [6.45, 7) is 14.4. The van der Waals surface area contributed by atoms with E-state index in [4.69, 9.17) is 0 Å². The van der Waals surface area contributed by atoms with E-state index in [0.717, 1.165) is 51.1 Å². The van der Waals surface area contributed by atoms with Gasteiger partial charge in [-0.2, -0.15) is 0 Å². The molecule has 2 rings (SSSR count). The van der Waals surface area contributed by atoms with Crippen LogP contribution in [0, 0.1) is 0 Å². The Kier molecular flexibility index (Phi) is 8.65. The summed E-state index contributed by atoms with van der Waals surface area (Å²) in [5.74, 6) is 0.103. The highest BCUT2D eigenvalue weighted by Crippen LogP contribution is 2.22. The average Bonchev–Trinajstić information content (AvgIpc) is 2.85. The van der Waals surface area contributed by atoms with Crippen molar-refractivity contribution in [1.82, 2.24) is 15.1 Å². The molecule has 0 radical (unpaired) electrons. The minimum Gasteiger partial charge on any atom is -0.350 e. The van der Waals surface area contributed by atoms with E-state index in [2.05, 4.69) is 52.5 Å². The van der Waals surface area contributed by atoms with Crippen molar-refractivity contribution in [2.45, 2.75) is 59.4 Å². The molecule has 1 heterocycles. The lowest BCUT2D eigenvalue weighted by molar-refractivity contribution is -0.123. The van der Waals surface area contributed by atoms with E-state index < -0.39 is 0 Å². The third kappa shape index (κ3) is 7.78. The third-order valence-corrected chi connectivity index (χ3v) is 5.19. The van der Waals surface area contributed by atoms with Gasteiger partial charge in [0.15, 0.2) is 0 Å². The topological polar surface area (TPSA) is 64.7 Å². The molecule has 0 bridgehead atoms. The van der Waals surface area contributed by atoms with E-state index in [9.17, 15) is 9.59 Å². The summed E-state index contributed by atoms with van der Waals surface area (Å²) < 4.78 is 0. The number of hydrogen-bond donors (Lipinski definition) is 2. The molecule has 2 amide bonds. The van der Waals surface area contributed by atoms with E-state index >= 15 is 0 Å². The number of benzene rings is 1. The van der Waals surface area contributed by atoms with Crippen molar-refractivity contribution in [3.63, 3.8) is 0 Å². The predicted octanol–water partition coefficient (Wildman–Crippen LogP) is 2.67. The summed E-state index contributed by atoms with van der Waals surface area (Å²) in [6, 6.07) is 6.23. The number of nitrogens with one attached hydrogen (secondary N) is 2. The largest absolute Gasteiger partial charge is 0.350 e. The Labute approximate surface area is 176 Å². The summed E-state index contributed by atoms with van der Waals surface area (Å²) in [5.41, 5.74) is 3.14. The number of hydrogen-bond acceptors (Lipinski definition) is 4. The molecule has 162 valence electrons. The number of para-hydroxylation sites is 1. The molecule has 1 aromatic carbocycles. The van der Waals surface area contributed by atoms with Gasteiger partial charge in [-0.15, -0.1) is 0 Å². The maximum absolute atomic E-state index is 12.7. The Hall–Kier alpha value is -1.92. The molecule has 6 nitrogen and oxygen atoms in total. The van der Waals surface area contributed by atoms with E-state index in [0.29, 0.717) is 13.1 Å². The molecule has 6 heteroatoms. The number of anilines is 1. The van der Waals surface area contributed by atoms with Crippen molar-refractivity contribution in [2.24, 2.45) is 0 Å². The first-order valence-corrected chi connectivity index (χ1v) is 10.9. The molecule has 0 aromatic heterocycles. The Morgan fingerprint density at radius 2 is 1.41 bits per heavy atom. The van der Waals surface area contributed by atoms with Gasteiger partial charge in [-0.25, -0.2) is 0 Å². The molecule has 0 saturated carbocycles. The molecule has 0 aliphatic carbocycles. The van der Waals surface area contributed by atoms with Gasteiger partial charge in [0.2, 0.25) is 11.8 Å². The fourth-order valence-electron chi connectivity index (χ4n) is 3.79. The molecule has 0 spiro atoms. The van der Waals surface area contributed by atoms with Crippen molar-refractivity contribution < 1.29 is 9.59 Å². The van der Waals surface area contributed by atoms with Crippen LogP contribution in [0.2, 0.25) is 0 Å². The number of nitrogens with zero attached hydrogens (tertiary/aromatic N) is 2. The molecular formula is C23H38N4O2. The Bertz CT molecular complexity index is 674.